The van der Waals surface area contributed by atoms with Gasteiger partial charge in [-0.1, -0.05) is 12.1 Å². The Labute approximate surface area is 170 Å². The molecule has 29 heavy (non-hydrogen) atoms. The summed E-state index contributed by atoms with van der Waals surface area (Å²) >= 11 is 0. The molecular formula is C24H26FNO3. The number of benzene rings is 2. The van der Waals surface area contributed by atoms with Crippen molar-refractivity contribution in [2.24, 2.45) is 0 Å². The lowest BCUT2D eigenvalue weighted by molar-refractivity contribution is 0.0485. The number of hydrogen-bond donors (Lipinski definition) is 0. The molecule has 4 nitrogen and oxygen atoms in total. The molecule has 1 saturated heterocycles. The van der Waals surface area contributed by atoms with E-state index in [0.29, 0.717) is 18.8 Å². The van der Waals surface area contributed by atoms with Crippen LogP contribution in [0.25, 0.3) is 11.0 Å². The van der Waals surface area contributed by atoms with Crippen molar-refractivity contribution in [3.8, 4) is 0 Å². The van der Waals surface area contributed by atoms with Gasteiger partial charge in [0, 0.05) is 30.6 Å². The van der Waals surface area contributed by atoms with Crippen LogP contribution in [0.2, 0.25) is 0 Å². The van der Waals surface area contributed by atoms with Gasteiger partial charge in [0.2, 0.25) is 0 Å². The summed E-state index contributed by atoms with van der Waals surface area (Å²) < 4.78 is 25.1. The fourth-order valence-electron chi connectivity index (χ4n) is 3.89. The molecule has 152 valence electrons. The standard InChI is InChI=1S/C24H26FNO3/c1-15-11-21-17(3)23(29-22(21)12-16(15)2)24(27)26(14-20-5-4-10-28-20)13-18-6-8-19(25)9-7-18/h6-9,11-12,20H,4-5,10,13-14H2,1-3H3. The van der Waals surface area contributed by atoms with Crippen molar-refractivity contribution >= 4 is 16.9 Å². The maximum atomic E-state index is 13.5. The van der Waals surface area contributed by atoms with Crippen molar-refractivity contribution in [2.75, 3.05) is 13.2 Å². The minimum absolute atomic E-state index is 0.0218. The minimum atomic E-state index is -0.287. The summed E-state index contributed by atoms with van der Waals surface area (Å²) in [4.78, 5) is 15.2. The highest BCUT2D eigenvalue weighted by atomic mass is 19.1. The summed E-state index contributed by atoms with van der Waals surface area (Å²) in [7, 11) is 0. The van der Waals surface area contributed by atoms with Crippen LogP contribution in [0.1, 0.15) is 45.7 Å². The first kappa shape index (κ1) is 19.6. The van der Waals surface area contributed by atoms with Gasteiger partial charge in [-0.15, -0.1) is 0 Å². The minimum Gasteiger partial charge on any atom is -0.451 e. The van der Waals surface area contributed by atoms with Crippen molar-refractivity contribution in [3.05, 3.63) is 70.2 Å². The van der Waals surface area contributed by atoms with Gasteiger partial charge in [0.15, 0.2) is 5.76 Å². The van der Waals surface area contributed by atoms with E-state index >= 15 is 0 Å². The van der Waals surface area contributed by atoms with Crippen LogP contribution in [0, 0.1) is 26.6 Å². The molecule has 1 aliphatic heterocycles. The summed E-state index contributed by atoms with van der Waals surface area (Å²) in [5, 5.41) is 0.968. The number of ether oxygens (including phenoxy) is 1. The fraction of sp³-hybridized carbons (Fsp3) is 0.375. The predicted molar refractivity (Wildman–Crippen MR) is 111 cm³/mol. The number of furan rings is 1. The van der Waals surface area contributed by atoms with Gasteiger partial charge >= 0.3 is 0 Å². The average Bonchev–Trinajstić information content (AvgIpc) is 3.32. The van der Waals surface area contributed by atoms with Gasteiger partial charge in [0.05, 0.1) is 6.10 Å². The summed E-state index contributed by atoms with van der Waals surface area (Å²) in [6, 6.07) is 10.3. The zero-order valence-electron chi connectivity index (χ0n) is 17.1. The van der Waals surface area contributed by atoms with E-state index in [4.69, 9.17) is 9.15 Å². The molecule has 0 radical (unpaired) electrons. The zero-order valence-corrected chi connectivity index (χ0v) is 17.1. The molecule has 1 fully saturated rings. The molecule has 5 heteroatoms. The second-order valence-electron chi connectivity index (χ2n) is 7.94. The van der Waals surface area contributed by atoms with Crippen molar-refractivity contribution < 1.29 is 18.3 Å². The third kappa shape index (κ3) is 4.06. The van der Waals surface area contributed by atoms with Crippen molar-refractivity contribution in [3.63, 3.8) is 0 Å². The van der Waals surface area contributed by atoms with Crippen LogP contribution in [0.4, 0.5) is 4.39 Å². The molecule has 2 aromatic carbocycles. The van der Waals surface area contributed by atoms with Gasteiger partial charge in [-0.05, 0) is 74.6 Å². The van der Waals surface area contributed by atoms with Gasteiger partial charge in [0.1, 0.15) is 11.4 Å². The Morgan fingerprint density at radius 2 is 1.86 bits per heavy atom. The summed E-state index contributed by atoms with van der Waals surface area (Å²) in [6.07, 6.45) is 1.96. The second-order valence-corrected chi connectivity index (χ2v) is 7.94. The number of hydrogen-bond acceptors (Lipinski definition) is 3. The first-order valence-corrected chi connectivity index (χ1v) is 10.1. The first-order chi connectivity index (χ1) is 13.9. The normalized spacial score (nSPS) is 16.5. The number of nitrogens with zero attached hydrogens (tertiary/aromatic N) is 1. The molecule has 1 aliphatic rings. The second kappa shape index (κ2) is 7.99. The summed E-state index contributed by atoms with van der Waals surface area (Å²) in [5.74, 6) is -0.0800. The molecule has 1 atom stereocenters. The Morgan fingerprint density at radius 3 is 2.55 bits per heavy atom. The molecule has 0 saturated carbocycles. The number of rotatable bonds is 5. The lowest BCUT2D eigenvalue weighted by Crippen LogP contribution is -2.37. The van der Waals surface area contributed by atoms with Crippen LogP contribution in [-0.2, 0) is 11.3 Å². The molecule has 1 unspecified atom stereocenters. The summed E-state index contributed by atoms with van der Waals surface area (Å²) in [6.45, 7) is 7.62. The first-order valence-electron chi connectivity index (χ1n) is 10.1. The Balaban J connectivity index is 1.67. The quantitative estimate of drug-likeness (QED) is 0.587. The van der Waals surface area contributed by atoms with E-state index in [2.05, 4.69) is 13.0 Å². The van der Waals surface area contributed by atoms with E-state index in [-0.39, 0.29) is 17.8 Å². The van der Waals surface area contributed by atoms with E-state index in [0.717, 1.165) is 47.1 Å². The molecule has 0 spiro atoms. The van der Waals surface area contributed by atoms with Crippen LogP contribution in [0.15, 0.2) is 40.8 Å². The molecule has 3 aromatic rings. The van der Waals surface area contributed by atoms with E-state index in [1.807, 2.05) is 19.9 Å². The molecule has 4 rings (SSSR count). The third-order valence-electron chi connectivity index (χ3n) is 5.77. The van der Waals surface area contributed by atoms with Gasteiger partial charge in [0.25, 0.3) is 5.91 Å². The highest BCUT2D eigenvalue weighted by Gasteiger charge is 2.27. The summed E-state index contributed by atoms with van der Waals surface area (Å²) in [5.41, 5.74) is 4.76. The van der Waals surface area contributed by atoms with Gasteiger partial charge in [-0.25, -0.2) is 4.39 Å². The number of carbonyl (C=O) groups is 1. The van der Waals surface area contributed by atoms with Gasteiger partial charge in [-0.3, -0.25) is 4.79 Å². The Morgan fingerprint density at radius 1 is 1.14 bits per heavy atom. The fourth-order valence-corrected chi connectivity index (χ4v) is 3.89. The predicted octanol–water partition coefficient (Wildman–Crippen LogP) is 5.32. The topological polar surface area (TPSA) is 42.7 Å². The van der Waals surface area contributed by atoms with Crippen LogP contribution < -0.4 is 0 Å². The Bertz CT molecular complexity index is 1030. The molecule has 1 aromatic heterocycles. The number of aryl methyl sites for hydroxylation is 3. The van der Waals surface area contributed by atoms with Crippen molar-refractivity contribution in [1.29, 1.82) is 0 Å². The largest absolute Gasteiger partial charge is 0.451 e. The number of carbonyl (C=O) groups excluding carboxylic acids is 1. The highest BCUT2D eigenvalue weighted by molar-refractivity contribution is 5.99. The zero-order chi connectivity index (χ0) is 20.5. The SMILES string of the molecule is Cc1cc2oc(C(=O)N(Cc3ccc(F)cc3)CC3CCCO3)c(C)c2cc1C. The number of fused-ring (bicyclic) bond motifs is 1. The van der Waals surface area contributed by atoms with Crippen molar-refractivity contribution in [2.45, 2.75) is 46.3 Å². The molecular weight excluding hydrogens is 369 g/mol. The van der Waals surface area contributed by atoms with E-state index in [9.17, 15) is 9.18 Å². The van der Waals surface area contributed by atoms with Crippen molar-refractivity contribution in [1.82, 2.24) is 4.90 Å². The van der Waals surface area contributed by atoms with Crippen LogP contribution in [-0.4, -0.2) is 30.1 Å². The molecule has 0 N–H and O–H groups in total. The lowest BCUT2D eigenvalue weighted by Gasteiger charge is -2.25. The Kier molecular flexibility index (Phi) is 5.41. The average molecular weight is 395 g/mol. The molecule has 1 amide bonds. The monoisotopic (exact) mass is 395 g/mol. The lowest BCUT2D eigenvalue weighted by atomic mass is 10.0. The molecule has 0 aliphatic carbocycles. The van der Waals surface area contributed by atoms with Gasteiger partial charge in [-0.2, -0.15) is 0 Å². The smallest absolute Gasteiger partial charge is 0.290 e. The highest BCUT2D eigenvalue weighted by Crippen LogP contribution is 2.29. The van der Waals surface area contributed by atoms with Crippen LogP contribution in [0.5, 0.6) is 0 Å². The maximum Gasteiger partial charge on any atom is 0.290 e. The maximum absolute atomic E-state index is 13.5. The van der Waals surface area contributed by atoms with Crippen LogP contribution >= 0.6 is 0 Å². The van der Waals surface area contributed by atoms with Crippen LogP contribution in [0.3, 0.4) is 0 Å². The third-order valence-corrected chi connectivity index (χ3v) is 5.77. The Hall–Kier alpha value is -2.66. The molecule has 2 heterocycles. The van der Waals surface area contributed by atoms with Gasteiger partial charge < -0.3 is 14.1 Å². The van der Waals surface area contributed by atoms with E-state index in [1.54, 1.807) is 17.0 Å². The number of halogens is 1. The van der Waals surface area contributed by atoms with E-state index in [1.165, 1.54) is 17.7 Å². The number of amides is 1. The van der Waals surface area contributed by atoms with E-state index < -0.39 is 0 Å². The molecule has 0 bridgehead atoms.